The lowest BCUT2D eigenvalue weighted by Gasteiger charge is -2.26. The molecule has 1 aromatic rings. The lowest BCUT2D eigenvalue weighted by molar-refractivity contribution is -0.137. The summed E-state index contributed by atoms with van der Waals surface area (Å²) in [6, 6.07) is 0. The van der Waals surface area contributed by atoms with Crippen molar-refractivity contribution in [3.63, 3.8) is 0 Å². The van der Waals surface area contributed by atoms with E-state index in [2.05, 4.69) is 10.1 Å². The molecule has 0 aliphatic heterocycles. The molecule has 1 N–H and O–H groups in total. The molecule has 0 amide bonds. The van der Waals surface area contributed by atoms with E-state index in [1.54, 1.807) is 7.11 Å². The molecule has 1 aromatic heterocycles. The van der Waals surface area contributed by atoms with Crippen LogP contribution >= 0.6 is 0 Å². The van der Waals surface area contributed by atoms with Crippen LogP contribution in [0.4, 0.5) is 0 Å². The van der Waals surface area contributed by atoms with Crippen LogP contribution in [0.5, 0.6) is 0 Å². The molecular weight excluding hydrogens is 224 g/mol. The highest BCUT2D eigenvalue weighted by Gasteiger charge is 2.30. The Morgan fingerprint density at radius 3 is 2.65 bits per heavy atom. The summed E-state index contributed by atoms with van der Waals surface area (Å²) in [5.74, 6) is -0.0991. The van der Waals surface area contributed by atoms with Gasteiger partial charge in [-0.3, -0.25) is 4.79 Å². The van der Waals surface area contributed by atoms with Crippen LogP contribution in [-0.2, 0) is 16.0 Å². The van der Waals surface area contributed by atoms with Crippen LogP contribution in [0.15, 0.2) is 4.52 Å². The number of hydrogen-bond acceptors (Lipinski definition) is 5. The van der Waals surface area contributed by atoms with Gasteiger partial charge in [0.1, 0.15) is 6.10 Å². The molecule has 1 heterocycles. The summed E-state index contributed by atoms with van der Waals surface area (Å²) in [4.78, 5) is 14.6. The van der Waals surface area contributed by atoms with E-state index in [1.165, 1.54) is 0 Å². The summed E-state index contributed by atoms with van der Waals surface area (Å²) in [6.07, 6.45) is -0.0534. The van der Waals surface area contributed by atoms with Crippen molar-refractivity contribution in [1.29, 1.82) is 0 Å². The average molecular weight is 242 g/mol. The molecule has 0 spiro atoms. The number of rotatable bonds is 5. The van der Waals surface area contributed by atoms with Crippen molar-refractivity contribution >= 4 is 5.97 Å². The van der Waals surface area contributed by atoms with E-state index < -0.39 is 5.97 Å². The van der Waals surface area contributed by atoms with Gasteiger partial charge < -0.3 is 14.4 Å². The maximum atomic E-state index is 10.4. The molecule has 1 atom stereocenters. The summed E-state index contributed by atoms with van der Waals surface area (Å²) in [5.41, 5.74) is -0.150. The second-order valence-corrected chi connectivity index (χ2v) is 4.92. The number of carboxylic acid groups (broad SMARTS) is 1. The second kappa shape index (κ2) is 5.27. The topological polar surface area (TPSA) is 85.5 Å². The fraction of sp³-hybridized carbons (Fsp3) is 0.727. The van der Waals surface area contributed by atoms with Gasteiger partial charge in [0.25, 0.3) is 0 Å². The minimum absolute atomic E-state index is 0.0190. The number of aliphatic carboxylic acids is 1. The van der Waals surface area contributed by atoms with Crippen molar-refractivity contribution in [3.05, 3.63) is 11.7 Å². The van der Waals surface area contributed by atoms with Gasteiger partial charge in [0.15, 0.2) is 0 Å². The molecule has 1 rings (SSSR count). The fourth-order valence-corrected chi connectivity index (χ4v) is 1.54. The molecule has 0 aliphatic rings. The van der Waals surface area contributed by atoms with Crippen LogP contribution < -0.4 is 0 Å². The molecule has 0 aromatic carbocycles. The van der Waals surface area contributed by atoms with Crippen molar-refractivity contribution in [2.45, 2.75) is 39.7 Å². The molecular formula is C11H18N2O4. The van der Waals surface area contributed by atoms with E-state index in [4.69, 9.17) is 14.4 Å². The Labute approximate surface area is 100.0 Å². The Morgan fingerprint density at radius 1 is 1.53 bits per heavy atom. The lowest BCUT2D eigenvalue weighted by Crippen LogP contribution is -2.21. The third-order valence-electron chi connectivity index (χ3n) is 2.29. The Hall–Kier alpha value is -1.43. The Balaban J connectivity index is 2.75. The van der Waals surface area contributed by atoms with E-state index in [0.29, 0.717) is 11.7 Å². The number of hydrogen-bond donors (Lipinski definition) is 1. The fourth-order valence-electron chi connectivity index (χ4n) is 1.54. The van der Waals surface area contributed by atoms with Crippen LogP contribution in [0.1, 0.15) is 45.0 Å². The maximum absolute atomic E-state index is 10.4. The summed E-state index contributed by atoms with van der Waals surface area (Å²) in [7, 11) is 1.59. The first-order valence-corrected chi connectivity index (χ1v) is 5.41. The normalized spacial score (nSPS) is 13.6. The van der Waals surface area contributed by atoms with E-state index in [-0.39, 0.29) is 24.4 Å². The Bertz CT molecular complexity index is 381. The number of nitrogens with zero attached hydrogens (tertiary/aromatic N) is 2. The van der Waals surface area contributed by atoms with Gasteiger partial charge in [-0.2, -0.15) is 4.98 Å². The molecule has 1 unspecified atom stereocenters. The molecule has 0 saturated carbocycles. The SMILES string of the molecule is COC(c1noc(CCC(=O)O)n1)C(C)(C)C. The minimum Gasteiger partial charge on any atom is -0.481 e. The monoisotopic (exact) mass is 242 g/mol. The number of aromatic nitrogens is 2. The number of carbonyl (C=O) groups is 1. The lowest BCUT2D eigenvalue weighted by atomic mass is 9.88. The quantitative estimate of drug-likeness (QED) is 0.847. The van der Waals surface area contributed by atoms with Gasteiger partial charge >= 0.3 is 5.97 Å². The highest BCUT2D eigenvalue weighted by Crippen LogP contribution is 2.33. The van der Waals surface area contributed by atoms with Crippen molar-refractivity contribution in [2.24, 2.45) is 5.41 Å². The number of carboxylic acids is 1. The zero-order chi connectivity index (χ0) is 13.1. The van der Waals surface area contributed by atoms with E-state index >= 15 is 0 Å². The van der Waals surface area contributed by atoms with Crippen molar-refractivity contribution < 1.29 is 19.2 Å². The molecule has 0 fully saturated rings. The number of ether oxygens (including phenoxy) is 1. The molecule has 6 nitrogen and oxygen atoms in total. The van der Waals surface area contributed by atoms with Crippen LogP contribution in [0.25, 0.3) is 0 Å². The molecule has 0 bridgehead atoms. The van der Waals surface area contributed by atoms with Gasteiger partial charge in [0, 0.05) is 13.5 Å². The third kappa shape index (κ3) is 3.81. The molecule has 17 heavy (non-hydrogen) atoms. The van der Waals surface area contributed by atoms with Gasteiger partial charge in [0.05, 0.1) is 6.42 Å². The van der Waals surface area contributed by atoms with Crippen LogP contribution in [-0.4, -0.2) is 28.3 Å². The van der Waals surface area contributed by atoms with Gasteiger partial charge in [-0.25, -0.2) is 0 Å². The van der Waals surface area contributed by atoms with Crippen molar-refractivity contribution in [2.75, 3.05) is 7.11 Å². The molecule has 96 valence electrons. The number of methoxy groups -OCH3 is 1. The predicted molar refractivity (Wildman–Crippen MR) is 59.5 cm³/mol. The highest BCUT2D eigenvalue weighted by molar-refractivity contribution is 5.66. The van der Waals surface area contributed by atoms with Crippen LogP contribution in [0.3, 0.4) is 0 Å². The van der Waals surface area contributed by atoms with Crippen molar-refractivity contribution in [3.8, 4) is 0 Å². The first-order valence-electron chi connectivity index (χ1n) is 5.41. The molecule has 0 aliphatic carbocycles. The van der Waals surface area contributed by atoms with E-state index in [0.717, 1.165) is 0 Å². The Morgan fingerprint density at radius 2 is 2.18 bits per heavy atom. The van der Waals surface area contributed by atoms with E-state index in [9.17, 15) is 4.79 Å². The van der Waals surface area contributed by atoms with Crippen molar-refractivity contribution in [1.82, 2.24) is 10.1 Å². The number of aryl methyl sites for hydroxylation is 1. The summed E-state index contributed by atoms with van der Waals surface area (Å²) < 4.78 is 10.3. The van der Waals surface area contributed by atoms with Gasteiger partial charge in [-0.15, -0.1) is 0 Å². The van der Waals surface area contributed by atoms with E-state index in [1.807, 2.05) is 20.8 Å². The molecule has 0 radical (unpaired) electrons. The molecule has 6 heteroatoms. The minimum atomic E-state index is -0.885. The smallest absolute Gasteiger partial charge is 0.303 e. The molecule has 0 saturated heterocycles. The first kappa shape index (κ1) is 13.6. The third-order valence-corrected chi connectivity index (χ3v) is 2.29. The van der Waals surface area contributed by atoms with Gasteiger partial charge in [-0.05, 0) is 5.41 Å². The van der Waals surface area contributed by atoms with Gasteiger partial charge in [-0.1, -0.05) is 25.9 Å². The highest BCUT2D eigenvalue weighted by atomic mass is 16.5. The second-order valence-electron chi connectivity index (χ2n) is 4.92. The first-order chi connectivity index (χ1) is 7.84. The summed E-state index contributed by atoms with van der Waals surface area (Å²) in [6.45, 7) is 6.03. The van der Waals surface area contributed by atoms with Crippen LogP contribution in [0, 0.1) is 5.41 Å². The summed E-state index contributed by atoms with van der Waals surface area (Å²) >= 11 is 0. The summed E-state index contributed by atoms with van der Waals surface area (Å²) in [5, 5.41) is 12.4. The zero-order valence-corrected chi connectivity index (χ0v) is 10.6. The standard InChI is InChI=1S/C11H18N2O4/c1-11(2,3)9(16-4)10-12-7(17-13-10)5-6-8(14)15/h9H,5-6H2,1-4H3,(H,14,15). The average Bonchev–Trinajstić information content (AvgIpc) is 2.62. The maximum Gasteiger partial charge on any atom is 0.303 e. The Kier molecular flexibility index (Phi) is 4.22. The van der Waals surface area contributed by atoms with Crippen LogP contribution in [0.2, 0.25) is 0 Å². The zero-order valence-electron chi connectivity index (χ0n) is 10.6. The van der Waals surface area contributed by atoms with Gasteiger partial charge in [0.2, 0.25) is 11.7 Å². The largest absolute Gasteiger partial charge is 0.481 e. The predicted octanol–water partition coefficient (Wildman–Crippen LogP) is 1.82.